The van der Waals surface area contributed by atoms with Crippen molar-refractivity contribution < 1.29 is 4.42 Å². The molecule has 1 fully saturated rings. The third kappa shape index (κ3) is 4.14. The topological polar surface area (TPSA) is 32.5 Å². The molecule has 3 rings (SSSR count). The van der Waals surface area contributed by atoms with Crippen LogP contribution in [-0.2, 0) is 6.54 Å². The van der Waals surface area contributed by atoms with Crippen LogP contribution in [0.25, 0.3) is 0 Å². The van der Waals surface area contributed by atoms with Crippen LogP contribution in [0.4, 0.5) is 5.69 Å². The second-order valence-electron chi connectivity index (χ2n) is 6.96. The van der Waals surface area contributed by atoms with E-state index in [9.17, 15) is 0 Å². The molecule has 0 N–H and O–H groups in total. The van der Waals surface area contributed by atoms with Gasteiger partial charge in [-0.1, -0.05) is 32.0 Å². The maximum absolute atomic E-state index is 5.53. The van der Waals surface area contributed by atoms with E-state index in [1.54, 1.807) is 6.26 Å². The third-order valence-corrected chi connectivity index (χ3v) is 4.47. The molecule has 1 saturated heterocycles. The lowest BCUT2D eigenvalue weighted by atomic mass is 10.1. The van der Waals surface area contributed by atoms with Crippen molar-refractivity contribution in [1.29, 1.82) is 0 Å². The molecule has 2 aromatic rings. The predicted molar refractivity (Wildman–Crippen MR) is 93.7 cm³/mol. The Morgan fingerprint density at radius 3 is 2.78 bits per heavy atom. The molecule has 1 aliphatic heterocycles. The molecule has 4 heteroatoms. The van der Waals surface area contributed by atoms with Crippen molar-refractivity contribution in [2.24, 2.45) is 5.92 Å². The number of hydrogen-bond donors (Lipinski definition) is 0. The molecular weight excluding hydrogens is 286 g/mol. The molecule has 0 radical (unpaired) electrons. The summed E-state index contributed by atoms with van der Waals surface area (Å²) in [6.07, 6.45) is 3.06. The maximum Gasteiger partial charge on any atom is 0.196 e. The molecule has 1 atom stereocenters. The van der Waals surface area contributed by atoms with Gasteiger partial charge in [-0.25, -0.2) is 4.98 Å². The van der Waals surface area contributed by atoms with Crippen molar-refractivity contribution in [3.05, 3.63) is 48.2 Å². The van der Waals surface area contributed by atoms with Crippen LogP contribution in [0.2, 0.25) is 0 Å². The molecular formula is C19H27N3O. The third-order valence-electron chi connectivity index (χ3n) is 4.47. The van der Waals surface area contributed by atoms with E-state index in [4.69, 9.17) is 4.42 Å². The van der Waals surface area contributed by atoms with Gasteiger partial charge in [0.15, 0.2) is 5.89 Å². The molecule has 2 heterocycles. The van der Waals surface area contributed by atoms with Gasteiger partial charge in [-0.15, -0.1) is 0 Å². The van der Waals surface area contributed by atoms with Crippen molar-refractivity contribution >= 4 is 5.69 Å². The largest absolute Gasteiger partial charge is 0.448 e. The number of benzene rings is 1. The number of hydrogen-bond acceptors (Lipinski definition) is 4. The van der Waals surface area contributed by atoms with Crippen LogP contribution < -0.4 is 4.90 Å². The average molecular weight is 313 g/mol. The Hall–Kier alpha value is -1.81. The van der Waals surface area contributed by atoms with E-state index in [1.807, 2.05) is 0 Å². The Bertz CT molecular complexity index is 608. The first-order valence-electron chi connectivity index (χ1n) is 8.54. The van der Waals surface area contributed by atoms with Gasteiger partial charge in [-0.2, -0.15) is 0 Å². The molecule has 0 aliphatic carbocycles. The number of rotatable bonds is 6. The van der Waals surface area contributed by atoms with E-state index in [1.165, 1.54) is 12.1 Å². The summed E-state index contributed by atoms with van der Waals surface area (Å²) >= 11 is 0. The van der Waals surface area contributed by atoms with Gasteiger partial charge in [-0.3, -0.25) is 0 Å². The fourth-order valence-electron chi connectivity index (χ4n) is 3.30. The zero-order valence-electron chi connectivity index (χ0n) is 14.4. The van der Waals surface area contributed by atoms with Gasteiger partial charge in [0.25, 0.3) is 0 Å². The molecule has 1 aromatic carbocycles. The fourth-order valence-corrected chi connectivity index (χ4v) is 3.30. The lowest BCUT2D eigenvalue weighted by molar-refractivity contribution is 0.276. The van der Waals surface area contributed by atoms with Gasteiger partial charge in [0, 0.05) is 37.8 Å². The smallest absolute Gasteiger partial charge is 0.196 e. The summed E-state index contributed by atoms with van der Waals surface area (Å²) in [6, 6.07) is 10.7. The summed E-state index contributed by atoms with van der Waals surface area (Å²) in [4.78, 5) is 9.42. The van der Waals surface area contributed by atoms with Crippen LogP contribution in [-0.4, -0.2) is 36.6 Å². The van der Waals surface area contributed by atoms with Gasteiger partial charge in [0.1, 0.15) is 6.26 Å². The highest BCUT2D eigenvalue weighted by Gasteiger charge is 2.24. The predicted octanol–water partition coefficient (Wildman–Crippen LogP) is 3.76. The fraction of sp³-hybridized carbons (Fsp3) is 0.526. The Morgan fingerprint density at radius 2 is 2.09 bits per heavy atom. The second-order valence-corrected chi connectivity index (χ2v) is 6.96. The van der Waals surface area contributed by atoms with E-state index in [0.29, 0.717) is 5.92 Å². The Labute approximate surface area is 139 Å². The molecule has 0 bridgehead atoms. The van der Waals surface area contributed by atoms with E-state index >= 15 is 0 Å². The number of nitrogens with zero attached hydrogens (tertiary/aromatic N) is 3. The molecule has 124 valence electrons. The van der Waals surface area contributed by atoms with Crippen molar-refractivity contribution in [3.63, 3.8) is 0 Å². The minimum Gasteiger partial charge on any atom is -0.448 e. The average Bonchev–Trinajstić information content (AvgIpc) is 3.18. The summed E-state index contributed by atoms with van der Waals surface area (Å²) in [5.41, 5.74) is 2.38. The molecule has 0 saturated carbocycles. The Kier molecular flexibility index (Phi) is 5.01. The highest BCUT2D eigenvalue weighted by Crippen LogP contribution is 2.24. The van der Waals surface area contributed by atoms with Crippen LogP contribution >= 0.6 is 0 Å². The zero-order valence-corrected chi connectivity index (χ0v) is 14.4. The van der Waals surface area contributed by atoms with Gasteiger partial charge >= 0.3 is 0 Å². The quantitative estimate of drug-likeness (QED) is 0.813. The van der Waals surface area contributed by atoms with Crippen LogP contribution in [0.3, 0.4) is 0 Å². The van der Waals surface area contributed by atoms with E-state index in [2.05, 4.69) is 66.0 Å². The summed E-state index contributed by atoms with van der Waals surface area (Å²) in [5.74, 6) is 1.91. The van der Waals surface area contributed by atoms with Crippen molar-refractivity contribution in [2.45, 2.75) is 32.7 Å². The monoisotopic (exact) mass is 313 g/mol. The van der Waals surface area contributed by atoms with Crippen molar-refractivity contribution in [1.82, 2.24) is 9.88 Å². The summed E-state index contributed by atoms with van der Waals surface area (Å²) in [6.45, 7) is 8.48. The van der Waals surface area contributed by atoms with E-state index in [0.717, 1.165) is 43.7 Å². The lowest BCUT2D eigenvalue weighted by Crippen LogP contribution is -2.28. The lowest BCUT2D eigenvalue weighted by Gasteiger charge is -2.21. The number of anilines is 1. The molecule has 1 unspecified atom stereocenters. The maximum atomic E-state index is 5.53. The zero-order chi connectivity index (χ0) is 16.2. The molecule has 4 nitrogen and oxygen atoms in total. The van der Waals surface area contributed by atoms with Crippen LogP contribution in [0, 0.1) is 5.92 Å². The van der Waals surface area contributed by atoms with E-state index in [-0.39, 0.29) is 0 Å². The first-order chi connectivity index (χ1) is 11.1. The summed E-state index contributed by atoms with van der Waals surface area (Å²) in [7, 11) is 2.18. The van der Waals surface area contributed by atoms with Gasteiger partial charge in [-0.05, 0) is 31.5 Å². The molecule has 1 aromatic heterocycles. The van der Waals surface area contributed by atoms with E-state index < -0.39 is 0 Å². The number of aromatic nitrogens is 1. The van der Waals surface area contributed by atoms with Crippen molar-refractivity contribution in [3.8, 4) is 0 Å². The first kappa shape index (κ1) is 16.1. The minimum atomic E-state index is 0.350. The Morgan fingerprint density at radius 1 is 1.30 bits per heavy atom. The molecule has 0 amide bonds. The standard InChI is InChI=1S/C19H27N3O/c1-15(2)19-20-17(14-23-19)13-21(3)11-16-9-10-22(12-16)18-7-5-4-6-8-18/h4-8,14-16H,9-13H2,1-3H3. The second kappa shape index (κ2) is 7.18. The molecule has 23 heavy (non-hydrogen) atoms. The van der Waals surface area contributed by atoms with Gasteiger partial charge < -0.3 is 14.2 Å². The van der Waals surface area contributed by atoms with Crippen LogP contribution in [0.5, 0.6) is 0 Å². The SMILES string of the molecule is CC(C)c1nc(CN(C)CC2CCN(c3ccccc3)C2)co1. The number of para-hydroxylation sites is 1. The molecule has 1 aliphatic rings. The summed E-state index contributed by atoms with van der Waals surface area (Å²) in [5, 5.41) is 0. The van der Waals surface area contributed by atoms with Gasteiger partial charge in [0.05, 0.1) is 5.69 Å². The highest BCUT2D eigenvalue weighted by molar-refractivity contribution is 5.46. The normalized spacial score (nSPS) is 18.3. The Balaban J connectivity index is 1.49. The van der Waals surface area contributed by atoms with Crippen LogP contribution in [0.1, 0.15) is 37.8 Å². The highest BCUT2D eigenvalue weighted by atomic mass is 16.3. The van der Waals surface area contributed by atoms with Crippen LogP contribution in [0.15, 0.2) is 41.0 Å². The summed E-state index contributed by atoms with van der Waals surface area (Å²) < 4.78 is 5.53. The van der Waals surface area contributed by atoms with Gasteiger partial charge in [0.2, 0.25) is 0 Å². The minimum absolute atomic E-state index is 0.350. The first-order valence-corrected chi connectivity index (χ1v) is 8.54. The molecule has 0 spiro atoms. The van der Waals surface area contributed by atoms with Crippen molar-refractivity contribution in [2.75, 3.05) is 31.6 Å². The number of oxazole rings is 1.